The monoisotopic (exact) mass is 278 g/mol. The highest BCUT2D eigenvalue weighted by Gasteiger charge is 2.13. The van der Waals surface area contributed by atoms with E-state index in [-0.39, 0.29) is 6.10 Å². The van der Waals surface area contributed by atoms with Gasteiger partial charge in [-0.1, -0.05) is 36.8 Å². The summed E-state index contributed by atoms with van der Waals surface area (Å²) in [5.41, 5.74) is 4.43. The fraction of sp³-hybridized carbons (Fsp3) is 0.625. The van der Waals surface area contributed by atoms with Crippen LogP contribution < -0.4 is 5.43 Å². The molecule has 0 spiro atoms. The molecule has 0 aromatic heterocycles. The van der Waals surface area contributed by atoms with Gasteiger partial charge in [0.25, 0.3) is 0 Å². The van der Waals surface area contributed by atoms with E-state index in [1.807, 2.05) is 37.3 Å². The highest BCUT2D eigenvalue weighted by atomic mass is 16.5. The molecule has 1 saturated heterocycles. The SMILES string of the molecule is CC(OCC(O)CNN1CCCCC1)c1ccccc1. The molecule has 1 aliphatic heterocycles. The summed E-state index contributed by atoms with van der Waals surface area (Å²) < 4.78 is 5.72. The lowest BCUT2D eigenvalue weighted by molar-refractivity contribution is -0.0111. The second kappa shape index (κ2) is 8.37. The number of aliphatic hydroxyl groups excluding tert-OH is 1. The number of hydrogen-bond acceptors (Lipinski definition) is 4. The molecule has 2 N–H and O–H groups in total. The highest BCUT2D eigenvalue weighted by molar-refractivity contribution is 5.16. The summed E-state index contributed by atoms with van der Waals surface area (Å²) in [7, 11) is 0. The van der Waals surface area contributed by atoms with Crippen LogP contribution in [-0.2, 0) is 4.74 Å². The molecular formula is C16H26N2O2. The minimum atomic E-state index is -0.469. The first-order valence-corrected chi connectivity index (χ1v) is 7.59. The quantitative estimate of drug-likeness (QED) is 0.802. The average Bonchev–Trinajstić information content (AvgIpc) is 2.52. The Balaban J connectivity index is 1.63. The van der Waals surface area contributed by atoms with Crippen molar-refractivity contribution >= 4 is 0 Å². The molecule has 0 aliphatic carbocycles. The smallest absolute Gasteiger partial charge is 0.0912 e. The Hall–Kier alpha value is -0.940. The molecule has 0 amide bonds. The molecule has 2 unspecified atom stereocenters. The molecule has 1 fully saturated rings. The highest BCUT2D eigenvalue weighted by Crippen LogP contribution is 2.15. The topological polar surface area (TPSA) is 44.7 Å². The number of benzene rings is 1. The van der Waals surface area contributed by atoms with E-state index >= 15 is 0 Å². The second-order valence-electron chi connectivity index (χ2n) is 5.45. The number of aliphatic hydroxyl groups is 1. The molecule has 4 nitrogen and oxygen atoms in total. The predicted molar refractivity (Wildman–Crippen MR) is 80.2 cm³/mol. The summed E-state index contributed by atoms with van der Waals surface area (Å²) in [6.07, 6.45) is 3.34. The van der Waals surface area contributed by atoms with Gasteiger partial charge in [-0.05, 0) is 25.3 Å². The predicted octanol–water partition coefficient (Wildman–Crippen LogP) is 2.12. The van der Waals surface area contributed by atoms with E-state index in [1.54, 1.807) is 0 Å². The number of ether oxygens (including phenoxy) is 1. The number of piperidine rings is 1. The molecule has 20 heavy (non-hydrogen) atoms. The number of rotatable bonds is 7. The Bertz CT molecular complexity index is 366. The number of hydrogen-bond donors (Lipinski definition) is 2. The van der Waals surface area contributed by atoms with E-state index < -0.39 is 6.10 Å². The van der Waals surface area contributed by atoms with Crippen LogP contribution in [0.1, 0.15) is 37.9 Å². The van der Waals surface area contributed by atoms with Crippen LogP contribution in [0.5, 0.6) is 0 Å². The van der Waals surface area contributed by atoms with Crippen LogP contribution in [0.2, 0.25) is 0 Å². The largest absolute Gasteiger partial charge is 0.389 e. The first-order valence-electron chi connectivity index (χ1n) is 7.59. The van der Waals surface area contributed by atoms with Gasteiger partial charge >= 0.3 is 0 Å². The van der Waals surface area contributed by atoms with Gasteiger partial charge in [-0.3, -0.25) is 5.43 Å². The maximum atomic E-state index is 9.96. The summed E-state index contributed by atoms with van der Waals surface area (Å²) in [6, 6.07) is 10.1. The van der Waals surface area contributed by atoms with Crippen molar-refractivity contribution in [3.63, 3.8) is 0 Å². The van der Waals surface area contributed by atoms with Crippen LogP contribution in [0.4, 0.5) is 0 Å². The summed E-state index contributed by atoms with van der Waals surface area (Å²) >= 11 is 0. The fourth-order valence-corrected chi connectivity index (χ4v) is 2.42. The molecule has 112 valence electrons. The van der Waals surface area contributed by atoms with Crippen LogP contribution in [-0.4, -0.2) is 42.5 Å². The van der Waals surface area contributed by atoms with Gasteiger partial charge in [-0.15, -0.1) is 0 Å². The lowest BCUT2D eigenvalue weighted by Gasteiger charge is -2.28. The Labute approximate surface area is 121 Å². The third-order valence-electron chi connectivity index (χ3n) is 3.71. The Morgan fingerprint density at radius 2 is 1.90 bits per heavy atom. The van der Waals surface area contributed by atoms with Gasteiger partial charge in [0, 0.05) is 19.6 Å². The third-order valence-corrected chi connectivity index (χ3v) is 3.71. The molecule has 0 saturated carbocycles. The molecule has 2 atom stereocenters. The Kier molecular flexibility index (Phi) is 6.47. The van der Waals surface area contributed by atoms with Gasteiger partial charge in [0.2, 0.25) is 0 Å². The van der Waals surface area contributed by atoms with Gasteiger partial charge in [-0.2, -0.15) is 0 Å². The van der Waals surface area contributed by atoms with Crippen molar-refractivity contribution in [2.75, 3.05) is 26.2 Å². The minimum Gasteiger partial charge on any atom is -0.389 e. The van der Waals surface area contributed by atoms with Crippen LogP contribution >= 0.6 is 0 Å². The molecular weight excluding hydrogens is 252 g/mol. The van der Waals surface area contributed by atoms with Gasteiger partial charge < -0.3 is 9.84 Å². The molecule has 1 aliphatic rings. The van der Waals surface area contributed by atoms with E-state index in [2.05, 4.69) is 10.4 Å². The van der Waals surface area contributed by atoms with Gasteiger partial charge in [0.15, 0.2) is 0 Å². The molecule has 0 bridgehead atoms. The summed E-state index contributed by atoms with van der Waals surface area (Å²) in [5.74, 6) is 0. The maximum absolute atomic E-state index is 9.96. The Morgan fingerprint density at radius 3 is 2.60 bits per heavy atom. The van der Waals surface area contributed by atoms with E-state index in [0.29, 0.717) is 13.2 Å². The van der Waals surface area contributed by atoms with Gasteiger partial charge in [-0.25, -0.2) is 5.01 Å². The van der Waals surface area contributed by atoms with Crippen molar-refractivity contribution in [3.05, 3.63) is 35.9 Å². The summed E-state index contributed by atoms with van der Waals surface area (Å²) in [4.78, 5) is 0. The van der Waals surface area contributed by atoms with Crippen molar-refractivity contribution < 1.29 is 9.84 Å². The number of nitrogens with one attached hydrogen (secondary N) is 1. The molecule has 0 radical (unpaired) electrons. The minimum absolute atomic E-state index is 0.0147. The van der Waals surface area contributed by atoms with E-state index in [9.17, 15) is 5.11 Å². The molecule has 1 aromatic rings. The Morgan fingerprint density at radius 1 is 1.20 bits per heavy atom. The maximum Gasteiger partial charge on any atom is 0.0912 e. The second-order valence-corrected chi connectivity index (χ2v) is 5.45. The van der Waals surface area contributed by atoms with Crippen molar-refractivity contribution in [3.8, 4) is 0 Å². The first kappa shape index (κ1) is 15.4. The standard InChI is InChI=1S/C16H26N2O2/c1-14(15-8-4-2-5-9-15)20-13-16(19)12-17-18-10-6-3-7-11-18/h2,4-5,8-9,14,16-17,19H,3,6-7,10-13H2,1H3. The lowest BCUT2D eigenvalue weighted by Crippen LogP contribution is -2.45. The normalized spacial score (nSPS) is 19.7. The molecule has 2 rings (SSSR count). The zero-order chi connectivity index (χ0) is 14.2. The summed E-state index contributed by atoms with van der Waals surface area (Å²) in [5, 5.41) is 12.2. The number of nitrogens with zero attached hydrogens (tertiary/aromatic N) is 1. The molecule has 4 heteroatoms. The molecule has 1 aromatic carbocycles. The van der Waals surface area contributed by atoms with Crippen molar-refractivity contribution in [2.45, 2.75) is 38.4 Å². The van der Waals surface area contributed by atoms with Gasteiger partial charge in [0.05, 0.1) is 18.8 Å². The van der Waals surface area contributed by atoms with Crippen LogP contribution in [0.3, 0.4) is 0 Å². The van der Waals surface area contributed by atoms with Crippen LogP contribution in [0.15, 0.2) is 30.3 Å². The average molecular weight is 278 g/mol. The number of hydrazine groups is 1. The van der Waals surface area contributed by atoms with Crippen molar-refractivity contribution in [1.82, 2.24) is 10.4 Å². The first-order chi connectivity index (χ1) is 9.75. The van der Waals surface area contributed by atoms with Crippen molar-refractivity contribution in [2.24, 2.45) is 0 Å². The van der Waals surface area contributed by atoms with Gasteiger partial charge in [0.1, 0.15) is 0 Å². The third kappa shape index (κ3) is 5.21. The molecule has 1 heterocycles. The fourth-order valence-electron chi connectivity index (χ4n) is 2.42. The van der Waals surface area contributed by atoms with E-state index in [1.165, 1.54) is 19.3 Å². The zero-order valence-electron chi connectivity index (χ0n) is 12.3. The zero-order valence-corrected chi connectivity index (χ0v) is 12.3. The van der Waals surface area contributed by atoms with Crippen LogP contribution in [0, 0.1) is 0 Å². The lowest BCUT2D eigenvalue weighted by atomic mass is 10.1. The van der Waals surface area contributed by atoms with E-state index in [4.69, 9.17) is 4.74 Å². The van der Waals surface area contributed by atoms with Crippen LogP contribution in [0.25, 0.3) is 0 Å². The van der Waals surface area contributed by atoms with Crippen molar-refractivity contribution in [1.29, 1.82) is 0 Å². The summed E-state index contributed by atoms with van der Waals surface area (Å²) in [6.45, 7) is 5.08. The van der Waals surface area contributed by atoms with E-state index in [0.717, 1.165) is 18.7 Å².